The number of nitrogens with zero attached hydrogens (tertiary/aromatic N) is 8. The summed E-state index contributed by atoms with van der Waals surface area (Å²) < 4.78 is 52.5. The minimum atomic E-state index is -0.533. The molecule has 0 radical (unpaired) electrons. The number of carbonyl (C=O) groups is 6. The van der Waals surface area contributed by atoms with Crippen molar-refractivity contribution in [3.05, 3.63) is 92.7 Å². The number of hydrogen-bond donors (Lipinski definition) is 6. The Labute approximate surface area is 635 Å². The summed E-state index contributed by atoms with van der Waals surface area (Å²) in [6, 6.07) is 8.30. The zero-order chi connectivity index (χ0) is 73.4. The Kier molecular flexibility index (Phi) is 52.9. The van der Waals surface area contributed by atoms with Crippen LogP contribution in [0, 0.1) is 9.10 Å². The molecule has 5 aromatic heterocycles. The summed E-state index contributed by atoms with van der Waals surface area (Å²) in [5, 5.41) is 22.1. The summed E-state index contributed by atoms with van der Waals surface area (Å²) in [5.74, 6) is 4.86. The van der Waals surface area contributed by atoms with Crippen molar-refractivity contribution < 1.29 is 111 Å². The van der Waals surface area contributed by atoms with Crippen molar-refractivity contribution in [1.82, 2.24) is 40.9 Å². The van der Waals surface area contributed by atoms with E-state index >= 15 is 0 Å². The molecule has 0 aromatic carbocycles. The van der Waals surface area contributed by atoms with Crippen LogP contribution in [0.25, 0.3) is 0 Å². The number of esters is 4. The Hall–Kier alpha value is -5.78. The van der Waals surface area contributed by atoms with E-state index in [1.54, 1.807) is 82.6 Å². The van der Waals surface area contributed by atoms with E-state index in [2.05, 4.69) is 89.8 Å². The number of pyridine rings is 5. The average Bonchev–Trinajstić information content (AvgIpc) is 1.23. The third-order valence-corrected chi connectivity index (χ3v) is 16.2. The zero-order valence-corrected chi connectivity index (χ0v) is 66.8. The van der Waals surface area contributed by atoms with Crippen LogP contribution in [0.5, 0.6) is 29.4 Å². The van der Waals surface area contributed by atoms with E-state index in [9.17, 15) is 28.8 Å². The number of rotatable bonds is 19. The number of nitrogens with two attached hydrogens (primary N) is 1. The van der Waals surface area contributed by atoms with E-state index in [1.807, 2.05) is 67.4 Å². The summed E-state index contributed by atoms with van der Waals surface area (Å²) in [4.78, 5) is 92.4. The van der Waals surface area contributed by atoms with Crippen LogP contribution in [-0.4, -0.2) is 191 Å². The summed E-state index contributed by atoms with van der Waals surface area (Å²) in [6.45, 7) is 14.6. The van der Waals surface area contributed by atoms with Crippen LogP contribution >= 0.6 is 94.0 Å². The number of fused-ring (bicyclic) bond motifs is 2. The van der Waals surface area contributed by atoms with Gasteiger partial charge in [-0.15, -0.1) is 47.0 Å². The molecule has 538 valence electrons. The van der Waals surface area contributed by atoms with E-state index in [-0.39, 0.29) is 53.0 Å². The molecule has 2 aliphatic rings. The molecule has 98 heavy (non-hydrogen) atoms. The van der Waals surface area contributed by atoms with Crippen LogP contribution in [0.3, 0.4) is 0 Å². The number of amides is 2. The molecule has 0 aliphatic carbocycles. The number of halogens is 2. The second kappa shape index (κ2) is 55.0. The Balaban J connectivity index is 0. The number of nitrogens with one attached hydrogen (secondary N) is 4. The largest absolute Gasteiger partial charge is 1.00 e. The second-order valence-corrected chi connectivity index (χ2v) is 26.2. The van der Waals surface area contributed by atoms with Gasteiger partial charge in [0.15, 0.2) is 0 Å². The molecule has 0 saturated heterocycles. The summed E-state index contributed by atoms with van der Waals surface area (Å²) in [5.41, 5.74) is 13.6. The van der Waals surface area contributed by atoms with Crippen LogP contribution in [0.2, 0.25) is 0 Å². The third-order valence-electron chi connectivity index (χ3n) is 10.7. The van der Waals surface area contributed by atoms with Gasteiger partial charge < -0.3 is 74.2 Å². The Morgan fingerprint density at radius 1 is 0.684 bits per heavy atom. The second-order valence-electron chi connectivity index (χ2n) is 19.9. The van der Waals surface area contributed by atoms with Crippen LogP contribution < -0.4 is 80.0 Å². The van der Waals surface area contributed by atoms with E-state index in [0.29, 0.717) is 88.4 Å². The SMILES string of the molecule is CC(C)(C)OC(=O)CCCS.COC(=O)c1cc(OC)ncc1I.COC(=O)c1cc(OC)ncc1SCCN.COC(=O)c1cc(OC)ncc1SCCNC(=O)OC(C)(C)C.COc1cc2c(cn1)SCCNC2.COc1cc2c(cn1)SCCNC2=O.C[O-].N=NN=NCl.[Na+]. The van der Waals surface area contributed by atoms with Gasteiger partial charge in [-0.2, -0.15) is 25.3 Å². The summed E-state index contributed by atoms with van der Waals surface area (Å²) in [7, 11) is 12.4. The molecule has 0 bridgehead atoms. The smallest absolute Gasteiger partial charge is 0.857 e. The fourth-order valence-corrected chi connectivity index (χ4v) is 10.7. The molecule has 0 unspecified atom stereocenters. The molecule has 7 rings (SSSR count). The Morgan fingerprint density at radius 3 is 1.60 bits per heavy atom. The minimum Gasteiger partial charge on any atom is -0.857 e. The van der Waals surface area contributed by atoms with Gasteiger partial charge in [0.25, 0.3) is 5.91 Å². The number of thiol groups is 1. The molecular weight excluding hydrogens is 1520 g/mol. The number of aromatic nitrogens is 5. The molecule has 5 aromatic rings. The number of hydrogen-bond acceptors (Lipinski definition) is 31. The normalized spacial score (nSPS) is 11.5. The van der Waals surface area contributed by atoms with Crippen LogP contribution in [0.1, 0.15) is 101 Å². The predicted molar refractivity (Wildman–Crippen MR) is 382 cm³/mol. The monoisotopic (exact) mass is 1610 g/mol. The van der Waals surface area contributed by atoms with Gasteiger partial charge in [-0.3, -0.25) is 9.59 Å². The van der Waals surface area contributed by atoms with Gasteiger partial charge in [0.05, 0.1) is 90.9 Å². The van der Waals surface area contributed by atoms with E-state index < -0.39 is 23.6 Å². The number of carbonyl (C=O) groups excluding carboxylic acids is 6. The van der Waals surface area contributed by atoms with Gasteiger partial charge in [0, 0.05) is 147 Å². The quantitative estimate of drug-likeness (QED) is 0.00578. The molecule has 0 atom stereocenters. The standard InChI is InChI=1S/C15H22N2O5S.C10H14N2O3S.C9H10N2O2S.C9H12N2OS.C8H8INO3.C8H16O2S.CH3O.ClHN4.Na/c1-15(2,3)22-14(19)16-6-7-23-11-9-17-12(20-4)8-10(11)13(18)21-5;1-14-9-5-7(10(13)15-2)8(6-12-9)16-4-3-11;1-13-8-4-6-7(5-11-8)14-3-2-10-9(6)12;1-12-9-4-7-5-10-2-3-13-8(7)6-11-9;1-12-7-3-5(8(11)13-2)6(9)4-10-7;1-8(2,3)10-7(9)5-4-6-11;1-2;1-3-5-4-2;/h8-9H,6-7H2,1-5H3,(H,16,19);5-6H,3-4,11H2,1-2H3;4-5H,2-3H2,1H3,(H,10,12);4,6,10H,2-3,5H2,1H3;3-4H,1-2H3;11H,4-6H2,1-3H3;1H3;2H;/q;;;;;;-1;;+1. The van der Waals surface area contributed by atoms with Crippen LogP contribution in [-0.2, 0) is 35.0 Å². The van der Waals surface area contributed by atoms with Crippen molar-refractivity contribution in [3.63, 3.8) is 0 Å². The number of ether oxygens (including phenoxy) is 10. The maximum Gasteiger partial charge on any atom is 1.00 e. The van der Waals surface area contributed by atoms with E-state index in [4.69, 9.17) is 54.3 Å². The van der Waals surface area contributed by atoms with Crippen molar-refractivity contribution >= 4 is 130 Å². The zero-order valence-electron chi connectivity index (χ0n) is 57.7. The van der Waals surface area contributed by atoms with Gasteiger partial charge in [0.1, 0.15) is 11.2 Å². The predicted octanol–water partition coefficient (Wildman–Crippen LogP) is 6.67. The molecule has 7 heterocycles. The molecule has 30 nitrogen and oxygen atoms in total. The first-order chi connectivity index (χ1) is 46.2. The maximum absolute atomic E-state index is 11.8. The number of thioether (sulfide) groups is 4. The number of methoxy groups -OCH3 is 8. The summed E-state index contributed by atoms with van der Waals surface area (Å²) in [6.07, 6.45) is 9.06. The molecule has 0 saturated carbocycles. The molecule has 2 amide bonds. The average molecular weight is 1610 g/mol. The van der Waals surface area contributed by atoms with Crippen molar-refractivity contribution in [1.29, 1.82) is 5.53 Å². The van der Waals surface area contributed by atoms with Crippen LogP contribution in [0.4, 0.5) is 4.79 Å². The van der Waals surface area contributed by atoms with Crippen molar-refractivity contribution in [2.75, 3.05) is 119 Å². The van der Waals surface area contributed by atoms with Crippen LogP contribution in [0.15, 0.2) is 96.0 Å². The van der Waals surface area contributed by atoms with Crippen molar-refractivity contribution in [2.24, 2.45) is 20.8 Å². The topological polar surface area (TPSA) is 405 Å². The molecule has 6 N–H and O–H groups in total. The maximum atomic E-state index is 11.8. The Bertz CT molecular complexity index is 3240. The molecule has 38 heteroatoms. The molecule has 0 spiro atoms. The fraction of sp³-hybridized carbons (Fsp3) is 0.483. The van der Waals surface area contributed by atoms with Gasteiger partial charge in [-0.25, -0.2) is 44.1 Å². The van der Waals surface area contributed by atoms with Gasteiger partial charge >= 0.3 is 59.5 Å². The summed E-state index contributed by atoms with van der Waals surface area (Å²) >= 11 is 16.9. The molecule has 0 fully saturated rings. The third kappa shape index (κ3) is 40.5. The van der Waals surface area contributed by atoms with Gasteiger partial charge in [0.2, 0.25) is 29.4 Å². The van der Waals surface area contributed by atoms with Gasteiger partial charge in [-0.1, -0.05) is 4.63 Å². The van der Waals surface area contributed by atoms with Gasteiger partial charge in [-0.05, 0) is 92.3 Å². The minimum absolute atomic E-state index is 0. The first-order valence-electron chi connectivity index (χ1n) is 28.6. The van der Waals surface area contributed by atoms with Crippen molar-refractivity contribution in [3.8, 4) is 29.4 Å². The first kappa shape index (κ1) is 94.3. The van der Waals surface area contributed by atoms with Crippen molar-refractivity contribution in [2.45, 2.75) is 91.7 Å². The first-order valence-corrected chi connectivity index (χ1v) is 34.6. The van der Waals surface area contributed by atoms with E-state index in [1.165, 1.54) is 89.8 Å². The number of alkyl carbamates (subject to hydrolysis) is 1. The fourth-order valence-electron chi connectivity index (χ4n) is 6.61. The molecular formula is C60H86ClIN13NaO17S5. The van der Waals surface area contributed by atoms with E-state index in [0.717, 1.165) is 63.0 Å². The molecule has 2 aliphatic heterocycles. The Morgan fingerprint density at radius 2 is 1.13 bits per heavy atom.